The molecule has 1 heterocycles. The minimum Gasteiger partial charge on any atom is -0.495 e. The van der Waals surface area contributed by atoms with E-state index in [0.29, 0.717) is 39.5 Å². The van der Waals surface area contributed by atoms with Crippen LogP contribution in [0.1, 0.15) is 36.7 Å². The van der Waals surface area contributed by atoms with Gasteiger partial charge in [0.2, 0.25) is 0 Å². The quantitative estimate of drug-likeness (QED) is 0.175. The monoisotopic (exact) mass is 643 g/mol. The number of ether oxygens (including phenoxy) is 2. The van der Waals surface area contributed by atoms with E-state index in [1.165, 1.54) is 0 Å². The number of carboxylic acid groups (broad SMARTS) is 1. The van der Waals surface area contributed by atoms with E-state index in [-0.39, 0.29) is 5.56 Å². The van der Waals surface area contributed by atoms with E-state index < -0.39 is 17.7 Å². The molecule has 0 aliphatic heterocycles. The first-order valence-electron chi connectivity index (χ1n) is 14.0. The number of anilines is 1. The second-order valence-electron chi connectivity index (χ2n) is 11.3. The smallest absolute Gasteiger partial charge is 0.412 e. The van der Waals surface area contributed by atoms with E-state index >= 15 is 0 Å². The summed E-state index contributed by atoms with van der Waals surface area (Å²) < 4.78 is 12.9. The molecule has 0 atom stereocenters. The van der Waals surface area contributed by atoms with Gasteiger partial charge in [-0.1, -0.05) is 65.7 Å². The third-order valence-corrected chi connectivity index (χ3v) is 7.40. The highest BCUT2D eigenvalue weighted by Crippen LogP contribution is 2.35. The summed E-state index contributed by atoms with van der Waals surface area (Å²) >= 11 is 12.7. The highest BCUT2D eigenvalue weighted by Gasteiger charge is 2.19. The van der Waals surface area contributed by atoms with Crippen molar-refractivity contribution in [3.8, 4) is 39.5 Å². The molecule has 0 aliphatic rings. The van der Waals surface area contributed by atoms with E-state index in [9.17, 15) is 14.7 Å². The molecule has 5 rings (SSSR count). The van der Waals surface area contributed by atoms with Gasteiger partial charge in [0, 0.05) is 28.9 Å². The van der Waals surface area contributed by atoms with Gasteiger partial charge in [0.15, 0.2) is 0 Å². The van der Waals surface area contributed by atoms with Gasteiger partial charge in [-0.15, -0.1) is 0 Å². The van der Waals surface area contributed by atoms with Crippen LogP contribution in [0.3, 0.4) is 0 Å². The third kappa shape index (κ3) is 7.66. The first-order valence-corrected chi connectivity index (χ1v) is 14.8. The summed E-state index contributed by atoms with van der Waals surface area (Å²) in [5.41, 5.74) is 5.12. The molecule has 10 heteroatoms. The number of aromatic carboxylic acids is 1. The number of hydrogen-bond donors (Lipinski definition) is 2. The summed E-state index contributed by atoms with van der Waals surface area (Å²) in [4.78, 5) is 28.6. The summed E-state index contributed by atoms with van der Waals surface area (Å²) in [6.45, 7) is 5.86. The molecule has 4 aromatic carbocycles. The van der Waals surface area contributed by atoms with Crippen LogP contribution >= 0.6 is 23.2 Å². The molecule has 0 saturated carbocycles. The molecule has 5 aromatic rings. The fourth-order valence-electron chi connectivity index (χ4n) is 4.74. The lowest BCUT2D eigenvalue weighted by Crippen LogP contribution is -2.27. The largest absolute Gasteiger partial charge is 0.495 e. The molecule has 0 unspecified atom stereocenters. The maximum absolute atomic E-state index is 12.3. The predicted molar refractivity (Wildman–Crippen MR) is 177 cm³/mol. The minimum absolute atomic E-state index is 0.221. The Morgan fingerprint density at radius 1 is 0.889 bits per heavy atom. The van der Waals surface area contributed by atoms with Crippen LogP contribution in [0.2, 0.25) is 10.0 Å². The summed E-state index contributed by atoms with van der Waals surface area (Å²) in [6, 6.07) is 25.5. The Morgan fingerprint density at radius 3 is 2.18 bits per heavy atom. The first-order chi connectivity index (χ1) is 21.4. The van der Waals surface area contributed by atoms with Gasteiger partial charge in [-0.05, 0) is 79.9 Å². The maximum Gasteiger partial charge on any atom is 0.412 e. The van der Waals surface area contributed by atoms with E-state index in [0.717, 1.165) is 27.8 Å². The summed E-state index contributed by atoms with van der Waals surface area (Å²) in [7, 11) is 1.54. The number of rotatable bonds is 8. The SMILES string of the molecule is COc1cc(-c2ccc(-c3nc(-c4ccc(Cl)cc4Cl)cn3Cc3ccc(C(=O)O)cc3)cc2)ccc1NC(=O)OC(C)(C)C. The Morgan fingerprint density at radius 2 is 1.56 bits per heavy atom. The van der Waals surface area contributed by atoms with Crippen molar-refractivity contribution in [1.29, 1.82) is 0 Å². The second-order valence-corrected chi connectivity index (χ2v) is 12.2. The standard InChI is InChI=1S/C35H31Cl2N3O5/c1-35(2,3)45-34(43)39-29-16-13-25(17-31(29)44-4)22-9-11-23(12-10-22)32-38-30(27-15-14-26(36)18-28(27)37)20-40(32)19-21-5-7-24(8-6-21)33(41)42/h5-18,20H,19H2,1-4H3,(H,39,43)(H,41,42). The van der Waals surface area contributed by atoms with E-state index in [4.69, 9.17) is 37.7 Å². The first kappa shape index (κ1) is 31.6. The molecule has 2 N–H and O–H groups in total. The number of amides is 1. The molecule has 0 radical (unpaired) electrons. The number of methoxy groups -OCH3 is 1. The van der Waals surface area contributed by atoms with Gasteiger partial charge in [-0.3, -0.25) is 5.32 Å². The van der Waals surface area contributed by atoms with Crippen LogP contribution in [0.4, 0.5) is 10.5 Å². The number of carbonyl (C=O) groups is 2. The molecular weight excluding hydrogens is 613 g/mol. The Kier molecular flexibility index (Phi) is 9.18. The highest BCUT2D eigenvalue weighted by molar-refractivity contribution is 6.36. The van der Waals surface area contributed by atoms with Crippen molar-refractivity contribution in [1.82, 2.24) is 9.55 Å². The topological polar surface area (TPSA) is 103 Å². The zero-order valence-electron chi connectivity index (χ0n) is 25.1. The molecule has 1 amide bonds. The fourth-order valence-corrected chi connectivity index (χ4v) is 5.25. The van der Waals surface area contributed by atoms with Crippen LogP contribution in [-0.2, 0) is 11.3 Å². The van der Waals surface area contributed by atoms with Crippen LogP contribution in [0.25, 0.3) is 33.8 Å². The molecule has 8 nitrogen and oxygen atoms in total. The van der Waals surface area contributed by atoms with Crippen molar-refractivity contribution in [2.45, 2.75) is 32.9 Å². The summed E-state index contributed by atoms with van der Waals surface area (Å²) in [6.07, 6.45) is 1.36. The van der Waals surface area contributed by atoms with Crippen LogP contribution in [-0.4, -0.2) is 39.4 Å². The van der Waals surface area contributed by atoms with Gasteiger partial charge >= 0.3 is 12.1 Å². The van der Waals surface area contributed by atoms with Crippen LogP contribution in [0.15, 0.2) is 91.1 Å². The number of benzene rings is 4. The molecule has 0 spiro atoms. The van der Waals surface area contributed by atoms with E-state index in [1.54, 1.807) is 70.3 Å². The normalized spacial score (nSPS) is 11.2. The minimum atomic E-state index is -0.976. The van der Waals surface area contributed by atoms with Crippen LogP contribution in [0.5, 0.6) is 5.75 Å². The summed E-state index contributed by atoms with van der Waals surface area (Å²) in [5.74, 6) is 0.229. The zero-order valence-corrected chi connectivity index (χ0v) is 26.6. The van der Waals surface area contributed by atoms with Gasteiger partial charge in [-0.2, -0.15) is 0 Å². The van der Waals surface area contributed by atoms with Gasteiger partial charge < -0.3 is 19.1 Å². The average Bonchev–Trinajstić information content (AvgIpc) is 3.40. The van der Waals surface area contributed by atoms with Gasteiger partial charge in [0.1, 0.15) is 17.2 Å². The molecule has 0 bridgehead atoms. The number of carbonyl (C=O) groups excluding carboxylic acids is 1. The Hall–Kier alpha value is -4.79. The highest BCUT2D eigenvalue weighted by atomic mass is 35.5. The van der Waals surface area contributed by atoms with Crippen molar-refractivity contribution in [3.63, 3.8) is 0 Å². The average molecular weight is 645 g/mol. The number of nitrogens with zero attached hydrogens (tertiary/aromatic N) is 2. The van der Waals surface area contributed by atoms with Gasteiger partial charge in [0.25, 0.3) is 0 Å². The Balaban J connectivity index is 1.46. The van der Waals surface area contributed by atoms with Crippen molar-refractivity contribution >= 4 is 41.0 Å². The Bertz CT molecular complexity index is 1860. The number of carboxylic acids is 1. The second kappa shape index (κ2) is 13.1. The van der Waals surface area contributed by atoms with Crippen LogP contribution in [0, 0.1) is 0 Å². The van der Waals surface area contributed by atoms with Gasteiger partial charge in [-0.25, -0.2) is 14.6 Å². The molecular formula is C35H31Cl2N3O5. The molecule has 45 heavy (non-hydrogen) atoms. The lowest BCUT2D eigenvalue weighted by Gasteiger charge is -2.20. The van der Waals surface area contributed by atoms with Crippen molar-refractivity contribution < 1.29 is 24.2 Å². The van der Waals surface area contributed by atoms with Crippen molar-refractivity contribution in [2.24, 2.45) is 0 Å². The number of halogens is 2. The van der Waals surface area contributed by atoms with Crippen molar-refractivity contribution in [3.05, 3.63) is 112 Å². The number of hydrogen-bond acceptors (Lipinski definition) is 5. The summed E-state index contributed by atoms with van der Waals surface area (Å²) in [5, 5.41) is 13.0. The maximum atomic E-state index is 12.3. The predicted octanol–water partition coefficient (Wildman–Crippen LogP) is 9.29. The lowest BCUT2D eigenvalue weighted by molar-refractivity contribution is 0.0633. The zero-order chi connectivity index (χ0) is 32.3. The Labute approximate surface area is 271 Å². The molecule has 0 aliphatic carbocycles. The molecule has 1 aromatic heterocycles. The number of aromatic nitrogens is 2. The molecule has 0 saturated heterocycles. The molecule has 0 fully saturated rings. The number of nitrogens with one attached hydrogen (secondary N) is 1. The van der Waals surface area contributed by atoms with Crippen molar-refractivity contribution in [2.75, 3.05) is 12.4 Å². The fraction of sp³-hybridized carbons (Fsp3) is 0.171. The third-order valence-electron chi connectivity index (χ3n) is 6.85. The van der Waals surface area contributed by atoms with Gasteiger partial charge in [0.05, 0.1) is 29.1 Å². The molecule has 230 valence electrons. The van der Waals surface area contributed by atoms with Crippen LogP contribution < -0.4 is 10.1 Å². The van der Waals surface area contributed by atoms with E-state index in [1.807, 2.05) is 53.2 Å². The lowest BCUT2D eigenvalue weighted by atomic mass is 10.0. The van der Waals surface area contributed by atoms with E-state index in [2.05, 4.69) is 5.32 Å². The number of imidazole rings is 1.